The first kappa shape index (κ1) is 21.6. The molecule has 0 aliphatic heterocycles. The Morgan fingerprint density at radius 1 is 1.16 bits per heavy atom. The molecule has 0 fully saturated rings. The van der Waals surface area contributed by atoms with E-state index in [1.54, 1.807) is 18.2 Å². The number of halogens is 1. The van der Waals surface area contributed by atoms with Gasteiger partial charge in [-0.3, -0.25) is 10.1 Å². The molecule has 0 atom stereocenters. The maximum atomic E-state index is 11.8. The molecular weight excluding hydrogens is 500 g/mol. The molecule has 4 aromatic rings. The lowest BCUT2D eigenvalue weighted by Crippen LogP contribution is -2.07. The molecule has 0 aliphatic rings. The van der Waals surface area contributed by atoms with Gasteiger partial charge in [-0.25, -0.2) is 4.98 Å². The van der Waals surface area contributed by atoms with E-state index in [1.165, 1.54) is 25.0 Å². The third-order valence-corrected chi connectivity index (χ3v) is 5.37. The van der Waals surface area contributed by atoms with Crippen LogP contribution in [0, 0.1) is 10.1 Å². The van der Waals surface area contributed by atoms with Crippen molar-refractivity contribution in [3.63, 3.8) is 0 Å². The van der Waals surface area contributed by atoms with Gasteiger partial charge in [0, 0.05) is 22.0 Å². The Hall–Kier alpha value is -3.64. The van der Waals surface area contributed by atoms with Crippen molar-refractivity contribution >= 4 is 39.0 Å². The number of aromatic nitrogens is 4. The highest BCUT2D eigenvalue weighted by atomic mass is 79.9. The molecule has 0 spiro atoms. The molecular formula is C20H15BrN6O4S. The zero-order valence-corrected chi connectivity index (χ0v) is 19.0. The molecule has 0 bridgehead atoms. The molecule has 4 rings (SSSR count). The van der Waals surface area contributed by atoms with Crippen molar-refractivity contribution in [2.24, 2.45) is 0 Å². The summed E-state index contributed by atoms with van der Waals surface area (Å²) in [6, 6.07) is 12.7. The number of nitrogens with one attached hydrogen (secondary N) is 1. The Balaban J connectivity index is 1.55. The third kappa shape index (κ3) is 4.81. The topological polar surface area (TPSA) is 125 Å². The molecule has 2 aromatic carbocycles. The highest BCUT2D eigenvalue weighted by Crippen LogP contribution is 2.38. The van der Waals surface area contributed by atoms with E-state index in [9.17, 15) is 10.1 Å². The van der Waals surface area contributed by atoms with E-state index in [4.69, 9.17) is 9.47 Å². The van der Waals surface area contributed by atoms with Gasteiger partial charge in [0.2, 0.25) is 5.82 Å². The molecule has 0 radical (unpaired) electrons. The number of hydrogen-bond donors (Lipinski definition) is 1. The van der Waals surface area contributed by atoms with Gasteiger partial charge >= 0.3 is 11.6 Å². The lowest BCUT2D eigenvalue weighted by Gasteiger charge is -2.12. The molecule has 0 unspecified atom stereocenters. The number of ether oxygens (including phenoxy) is 2. The summed E-state index contributed by atoms with van der Waals surface area (Å²) in [6.07, 6.45) is 1.20. The summed E-state index contributed by atoms with van der Waals surface area (Å²) in [7, 11) is 1.48. The van der Waals surface area contributed by atoms with Crippen molar-refractivity contribution in [2.45, 2.75) is 6.54 Å². The van der Waals surface area contributed by atoms with Crippen LogP contribution in [0.3, 0.4) is 0 Å². The Morgan fingerprint density at radius 2 is 1.97 bits per heavy atom. The predicted octanol–water partition coefficient (Wildman–Crippen LogP) is 5.08. The van der Waals surface area contributed by atoms with Gasteiger partial charge in [0.15, 0.2) is 11.5 Å². The molecule has 32 heavy (non-hydrogen) atoms. The second kappa shape index (κ2) is 9.66. The van der Waals surface area contributed by atoms with Crippen LogP contribution < -0.4 is 14.8 Å². The maximum Gasteiger partial charge on any atom is 0.373 e. The third-order valence-electron chi connectivity index (χ3n) is 4.37. The van der Waals surface area contributed by atoms with Crippen LogP contribution in [0.25, 0.3) is 11.3 Å². The van der Waals surface area contributed by atoms with E-state index >= 15 is 0 Å². The molecule has 2 heterocycles. The van der Waals surface area contributed by atoms with Gasteiger partial charge in [0.25, 0.3) is 0 Å². The van der Waals surface area contributed by atoms with E-state index in [-0.39, 0.29) is 23.1 Å². The van der Waals surface area contributed by atoms with E-state index in [1.807, 2.05) is 29.6 Å². The van der Waals surface area contributed by atoms with Crippen molar-refractivity contribution in [1.29, 1.82) is 0 Å². The molecule has 0 saturated carbocycles. The van der Waals surface area contributed by atoms with E-state index < -0.39 is 4.92 Å². The van der Waals surface area contributed by atoms with Gasteiger partial charge in [-0.1, -0.05) is 44.7 Å². The second-order valence-corrected chi connectivity index (χ2v) is 7.90. The molecule has 0 aliphatic carbocycles. The number of hydrogen-bond acceptors (Lipinski definition) is 10. The van der Waals surface area contributed by atoms with Crippen molar-refractivity contribution in [3.05, 3.63) is 74.3 Å². The Labute approximate surface area is 194 Å². The summed E-state index contributed by atoms with van der Waals surface area (Å²) in [5.74, 6) is 0.538. The van der Waals surface area contributed by atoms with Crippen LogP contribution in [-0.4, -0.2) is 31.6 Å². The normalized spacial score (nSPS) is 10.6. The van der Waals surface area contributed by atoms with Crippen LogP contribution in [0.5, 0.6) is 17.4 Å². The lowest BCUT2D eigenvalue weighted by molar-refractivity contribution is -0.385. The standard InChI is InChI=1S/C20H15BrN6O4S/c1-30-17-8-14(21)6-7-16(17)31-20-18(27(28)29)19(23-11-24-20)22-9-12-2-4-13(5-3-12)15-10-32-26-25-15/h2-8,10-11H,9H2,1H3,(H,22,23,24). The molecule has 1 N–H and O–H groups in total. The van der Waals surface area contributed by atoms with Gasteiger partial charge in [0.1, 0.15) is 12.0 Å². The van der Waals surface area contributed by atoms with E-state index in [0.717, 1.165) is 21.3 Å². The Bertz CT molecular complexity index is 1240. The fraction of sp³-hybridized carbons (Fsp3) is 0.100. The van der Waals surface area contributed by atoms with Crippen LogP contribution in [0.15, 0.2) is 58.6 Å². The minimum atomic E-state index is -0.582. The predicted molar refractivity (Wildman–Crippen MR) is 122 cm³/mol. The zero-order valence-electron chi connectivity index (χ0n) is 16.6. The fourth-order valence-electron chi connectivity index (χ4n) is 2.83. The minimum Gasteiger partial charge on any atom is -0.493 e. The number of anilines is 1. The number of rotatable bonds is 8. The first-order chi connectivity index (χ1) is 15.5. The number of nitrogens with zero attached hydrogens (tertiary/aromatic N) is 5. The van der Waals surface area contributed by atoms with E-state index in [0.29, 0.717) is 12.3 Å². The molecule has 10 nitrogen and oxygen atoms in total. The molecule has 162 valence electrons. The van der Waals surface area contributed by atoms with Crippen LogP contribution in [-0.2, 0) is 6.54 Å². The van der Waals surface area contributed by atoms with Crippen LogP contribution in [0.2, 0.25) is 0 Å². The summed E-state index contributed by atoms with van der Waals surface area (Å²) < 4.78 is 15.6. The number of methoxy groups -OCH3 is 1. The van der Waals surface area contributed by atoms with Gasteiger partial charge < -0.3 is 14.8 Å². The SMILES string of the molecule is COc1cc(Br)ccc1Oc1ncnc(NCc2ccc(-c3csnn3)cc2)c1[N+](=O)[O-]. The highest BCUT2D eigenvalue weighted by molar-refractivity contribution is 9.10. The smallest absolute Gasteiger partial charge is 0.373 e. The monoisotopic (exact) mass is 514 g/mol. The van der Waals surface area contributed by atoms with Gasteiger partial charge in [-0.05, 0) is 35.3 Å². The highest BCUT2D eigenvalue weighted by Gasteiger charge is 2.26. The van der Waals surface area contributed by atoms with Crippen LogP contribution >= 0.6 is 27.5 Å². The average molecular weight is 515 g/mol. The first-order valence-electron chi connectivity index (χ1n) is 9.16. The Morgan fingerprint density at radius 3 is 2.66 bits per heavy atom. The van der Waals surface area contributed by atoms with E-state index in [2.05, 4.69) is 40.8 Å². The maximum absolute atomic E-state index is 11.8. The molecule has 0 amide bonds. The fourth-order valence-corrected chi connectivity index (χ4v) is 3.64. The Kier molecular flexibility index (Phi) is 6.52. The zero-order chi connectivity index (χ0) is 22.5. The van der Waals surface area contributed by atoms with Gasteiger partial charge in [0.05, 0.1) is 12.0 Å². The quantitative estimate of drug-likeness (QED) is 0.253. The summed E-state index contributed by atoms with van der Waals surface area (Å²) in [6.45, 7) is 0.314. The van der Waals surface area contributed by atoms with Crippen molar-refractivity contribution in [2.75, 3.05) is 12.4 Å². The van der Waals surface area contributed by atoms with Crippen LogP contribution in [0.4, 0.5) is 11.5 Å². The first-order valence-corrected chi connectivity index (χ1v) is 10.8. The number of benzene rings is 2. The summed E-state index contributed by atoms with van der Waals surface area (Å²) in [4.78, 5) is 19.2. The minimum absolute atomic E-state index is 0.0452. The van der Waals surface area contributed by atoms with Gasteiger partial charge in [-0.15, -0.1) is 5.10 Å². The largest absolute Gasteiger partial charge is 0.493 e. The molecule has 0 saturated heterocycles. The summed E-state index contributed by atoms with van der Waals surface area (Å²) in [5, 5.41) is 20.7. The van der Waals surface area contributed by atoms with Crippen LogP contribution in [0.1, 0.15) is 5.56 Å². The second-order valence-electron chi connectivity index (χ2n) is 6.37. The van der Waals surface area contributed by atoms with Crippen molar-refractivity contribution < 1.29 is 14.4 Å². The summed E-state index contributed by atoms with van der Waals surface area (Å²) >= 11 is 4.63. The molecule has 2 aromatic heterocycles. The van der Waals surface area contributed by atoms with Crippen molar-refractivity contribution in [3.8, 4) is 28.6 Å². The van der Waals surface area contributed by atoms with Crippen molar-refractivity contribution in [1.82, 2.24) is 19.6 Å². The lowest BCUT2D eigenvalue weighted by atomic mass is 10.1. The van der Waals surface area contributed by atoms with Gasteiger partial charge in [-0.2, -0.15) is 4.98 Å². The average Bonchev–Trinajstić information content (AvgIpc) is 3.34. The molecule has 12 heteroatoms. The summed E-state index contributed by atoms with van der Waals surface area (Å²) in [5.41, 5.74) is 2.27. The number of nitro groups is 1.